The van der Waals surface area contributed by atoms with Gasteiger partial charge in [-0.15, -0.1) is 11.3 Å². The summed E-state index contributed by atoms with van der Waals surface area (Å²) in [5.41, 5.74) is 2.45. The number of carbonyl (C=O) groups excluding carboxylic acids is 1. The highest BCUT2D eigenvalue weighted by molar-refractivity contribution is 7.15. The third-order valence-corrected chi connectivity index (χ3v) is 6.50. The Bertz CT molecular complexity index is 946. The van der Waals surface area contributed by atoms with Gasteiger partial charge in [-0.2, -0.15) is 0 Å². The normalized spacial score (nSPS) is 19.9. The van der Waals surface area contributed by atoms with Crippen molar-refractivity contribution in [3.63, 3.8) is 0 Å². The first-order valence-corrected chi connectivity index (χ1v) is 12.2. The lowest BCUT2D eigenvalue weighted by molar-refractivity contribution is -0.127. The molecule has 10 heteroatoms. The number of thiazole rings is 1. The van der Waals surface area contributed by atoms with Gasteiger partial charge in [0, 0.05) is 61.5 Å². The minimum atomic E-state index is -0.0537. The standard InChI is InChI=1S/C22H29ClN6O2S/c1-16-13-24-22(32-16)27-20-12-17(14-28-7-9-31-10-8-28)11-19(26-20)25-18-3-2-6-29(15-18)21(30)4-5-23/h4-5,11-13,18H,2-3,6-10,14-15H2,1H3,(H2,24,25,26,27)/b5-4+/t18-/m0/s1. The number of rotatable bonds is 7. The Kier molecular flexibility index (Phi) is 7.96. The van der Waals surface area contributed by atoms with Gasteiger partial charge in [-0.25, -0.2) is 9.97 Å². The number of nitrogens with zero attached hydrogens (tertiary/aromatic N) is 4. The van der Waals surface area contributed by atoms with Gasteiger partial charge in [-0.1, -0.05) is 11.6 Å². The van der Waals surface area contributed by atoms with Crippen LogP contribution in [0.5, 0.6) is 0 Å². The summed E-state index contributed by atoms with van der Waals surface area (Å²) < 4.78 is 5.48. The van der Waals surface area contributed by atoms with Gasteiger partial charge in [0.25, 0.3) is 0 Å². The second kappa shape index (κ2) is 11.1. The van der Waals surface area contributed by atoms with Crippen LogP contribution in [0, 0.1) is 6.92 Å². The summed E-state index contributed by atoms with van der Waals surface area (Å²) in [5, 5.41) is 7.73. The maximum Gasteiger partial charge on any atom is 0.247 e. The van der Waals surface area contributed by atoms with Crippen LogP contribution in [0.4, 0.5) is 16.8 Å². The molecule has 0 aromatic carbocycles. The Hall–Kier alpha value is -2.20. The molecule has 0 saturated carbocycles. The van der Waals surface area contributed by atoms with Crippen LogP contribution in [-0.2, 0) is 16.1 Å². The fourth-order valence-corrected chi connectivity index (χ4v) is 4.80. The molecule has 32 heavy (non-hydrogen) atoms. The average molecular weight is 477 g/mol. The lowest BCUT2D eigenvalue weighted by Gasteiger charge is -2.33. The van der Waals surface area contributed by atoms with E-state index in [1.807, 2.05) is 18.0 Å². The van der Waals surface area contributed by atoms with Crippen molar-refractivity contribution in [3.05, 3.63) is 40.4 Å². The Morgan fingerprint density at radius 1 is 1.31 bits per heavy atom. The highest BCUT2D eigenvalue weighted by Gasteiger charge is 2.23. The number of hydrogen-bond acceptors (Lipinski definition) is 8. The molecule has 0 radical (unpaired) electrons. The van der Waals surface area contributed by atoms with Gasteiger partial charge in [0.1, 0.15) is 11.6 Å². The number of carbonyl (C=O) groups is 1. The Morgan fingerprint density at radius 3 is 2.88 bits per heavy atom. The van der Waals surface area contributed by atoms with Crippen molar-refractivity contribution < 1.29 is 9.53 Å². The van der Waals surface area contributed by atoms with E-state index in [1.54, 1.807) is 11.3 Å². The summed E-state index contributed by atoms with van der Waals surface area (Å²) in [6, 6.07) is 4.32. The van der Waals surface area contributed by atoms with Crippen molar-refractivity contribution in [3.8, 4) is 0 Å². The average Bonchev–Trinajstić information content (AvgIpc) is 3.19. The summed E-state index contributed by atoms with van der Waals surface area (Å²) in [6.07, 6.45) is 5.19. The zero-order valence-corrected chi connectivity index (χ0v) is 19.8. The van der Waals surface area contributed by atoms with Crippen molar-refractivity contribution in [2.75, 3.05) is 50.0 Å². The van der Waals surface area contributed by atoms with Crippen molar-refractivity contribution >= 4 is 45.6 Å². The molecule has 8 nitrogen and oxygen atoms in total. The number of morpholine rings is 1. The van der Waals surface area contributed by atoms with Gasteiger partial charge in [0.05, 0.1) is 13.2 Å². The van der Waals surface area contributed by atoms with Crippen LogP contribution in [0.2, 0.25) is 0 Å². The fraction of sp³-hybridized carbons (Fsp3) is 0.500. The van der Waals surface area contributed by atoms with Gasteiger partial charge in [-0.3, -0.25) is 9.69 Å². The van der Waals surface area contributed by atoms with E-state index in [-0.39, 0.29) is 11.9 Å². The minimum Gasteiger partial charge on any atom is -0.379 e. The van der Waals surface area contributed by atoms with Gasteiger partial charge in [-0.05, 0) is 37.5 Å². The van der Waals surface area contributed by atoms with E-state index < -0.39 is 0 Å². The van der Waals surface area contributed by atoms with E-state index >= 15 is 0 Å². The maximum absolute atomic E-state index is 12.2. The highest BCUT2D eigenvalue weighted by atomic mass is 35.5. The number of hydrogen-bond donors (Lipinski definition) is 2. The number of aromatic nitrogens is 2. The molecular formula is C22H29ClN6O2S. The second-order valence-corrected chi connectivity index (χ2v) is 9.58. The minimum absolute atomic E-state index is 0.0537. The third kappa shape index (κ3) is 6.41. The molecule has 2 N–H and O–H groups in total. The Labute approximate surface area is 197 Å². The quantitative estimate of drug-likeness (QED) is 0.591. The number of piperidine rings is 1. The fourth-order valence-electron chi connectivity index (χ4n) is 4.02. The molecule has 0 spiro atoms. The van der Waals surface area contributed by atoms with E-state index in [4.69, 9.17) is 21.3 Å². The van der Waals surface area contributed by atoms with Crippen LogP contribution in [0.25, 0.3) is 0 Å². The number of ether oxygens (including phenoxy) is 1. The lowest BCUT2D eigenvalue weighted by atomic mass is 10.1. The lowest BCUT2D eigenvalue weighted by Crippen LogP contribution is -2.44. The second-order valence-electron chi connectivity index (χ2n) is 8.10. The molecule has 1 amide bonds. The van der Waals surface area contributed by atoms with Crippen molar-refractivity contribution in [1.29, 1.82) is 0 Å². The number of halogens is 1. The molecule has 172 valence electrons. The SMILES string of the molecule is Cc1cnc(Nc2cc(CN3CCOCC3)cc(N[C@H]3CCCN(C(=O)/C=C/Cl)C3)n2)s1. The highest BCUT2D eigenvalue weighted by Crippen LogP contribution is 2.25. The van der Waals surface area contributed by atoms with Gasteiger partial charge < -0.3 is 20.3 Å². The molecule has 4 heterocycles. The Balaban J connectivity index is 1.50. The molecule has 0 aliphatic carbocycles. The number of aryl methyl sites for hydroxylation is 1. The smallest absolute Gasteiger partial charge is 0.247 e. The van der Waals surface area contributed by atoms with Gasteiger partial charge in [0.15, 0.2) is 5.13 Å². The van der Waals surface area contributed by atoms with Gasteiger partial charge in [0.2, 0.25) is 5.91 Å². The number of pyridine rings is 1. The topological polar surface area (TPSA) is 82.6 Å². The first kappa shape index (κ1) is 23.0. The van der Waals surface area contributed by atoms with Crippen LogP contribution in [-0.4, -0.2) is 71.1 Å². The summed E-state index contributed by atoms with van der Waals surface area (Å²) >= 11 is 7.19. The van der Waals surface area contributed by atoms with Crippen LogP contribution < -0.4 is 10.6 Å². The number of anilines is 3. The van der Waals surface area contributed by atoms with Crippen molar-refractivity contribution in [2.45, 2.75) is 32.4 Å². The van der Waals surface area contributed by atoms with Crippen molar-refractivity contribution in [1.82, 2.24) is 19.8 Å². The van der Waals surface area contributed by atoms with E-state index in [1.165, 1.54) is 17.2 Å². The summed E-state index contributed by atoms with van der Waals surface area (Å²) in [7, 11) is 0. The molecule has 1 atom stereocenters. The molecule has 2 aliphatic rings. The maximum atomic E-state index is 12.2. The molecule has 0 bridgehead atoms. The van der Waals surface area contributed by atoms with E-state index in [0.717, 1.165) is 73.9 Å². The Morgan fingerprint density at radius 2 is 2.12 bits per heavy atom. The largest absolute Gasteiger partial charge is 0.379 e. The number of nitrogens with one attached hydrogen (secondary N) is 2. The van der Waals surface area contributed by atoms with Crippen LogP contribution >= 0.6 is 22.9 Å². The van der Waals surface area contributed by atoms with E-state index in [9.17, 15) is 4.79 Å². The van der Waals surface area contributed by atoms with Crippen LogP contribution in [0.3, 0.4) is 0 Å². The predicted molar refractivity (Wildman–Crippen MR) is 129 cm³/mol. The van der Waals surface area contributed by atoms with Crippen LogP contribution in [0.1, 0.15) is 23.3 Å². The first-order valence-electron chi connectivity index (χ1n) is 10.9. The first-order chi connectivity index (χ1) is 15.6. The van der Waals surface area contributed by atoms with Crippen LogP contribution in [0.15, 0.2) is 29.9 Å². The number of amides is 1. The van der Waals surface area contributed by atoms with E-state index in [0.29, 0.717) is 6.54 Å². The van der Waals surface area contributed by atoms with E-state index in [2.05, 4.69) is 32.7 Å². The molecule has 2 aromatic rings. The summed E-state index contributed by atoms with van der Waals surface area (Å²) in [5.74, 6) is 1.52. The predicted octanol–water partition coefficient (Wildman–Crippen LogP) is 3.58. The summed E-state index contributed by atoms with van der Waals surface area (Å²) in [6.45, 7) is 7.63. The summed E-state index contributed by atoms with van der Waals surface area (Å²) in [4.78, 5) is 26.8. The molecule has 2 fully saturated rings. The third-order valence-electron chi connectivity index (χ3n) is 5.54. The van der Waals surface area contributed by atoms with Gasteiger partial charge >= 0.3 is 0 Å². The zero-order chi connectivity index (χ0) is 22.3. The number of likely N-dealkylation sites (tertiary alicyclic amines) is 1. The molecule has 2 aliphatic heterocycles. The molecule has 2 saturated heterocycles. The molecule has 4 rings (SSSR count). The zero-order valence-electron chi connectivity index (χ0n) is 18.2. The molecule has 2 aromatic heterocycles. The molecular weight excluding hydrogens is 448 g/mol. The monoisotopic (exact) mass is 476 g/mol. The van der Waals surface area contributed by atoms with Crippen molar-refractivity contribution in [2.24, 2.45) is 0 Å². The molecule has 0 unspecified atom stereocenters.